The first-order valence-corrected chi connectivity index (χ1v) is 11.1. The van der Waals surface area contributed by atoms with E-state index >= 15 is 0 Å². The number of aryl methyl sites for hydroxylation is 2. The summed E-state index contributed by atoms with van der Waals surface area (Å²) < 4.78 is 12.0. The standard InChI is InChI=1S/C23H27N3O3S/c1-5-25(6-2)11-12-26(22(27)17-8-9-18-19(13-17)29-14-28-18)23-24-21-16(4)15(3)7-10-20(21)30-23/h7-10,13H,5-6,11-12,14H2,1-4H3. The Balaban J connectivity index is 1.70. The summed E-state index contributed by atoms with van der Waals surface area (Å²) in [4.78, 5) is 22.5. The van der Waals surface area contributed by atoms with Crippen LogP contribution >= 0.6 is 11.3 Å². The van der Waals surface area contributed by atoms with E-state index in [0.717, 1.165) is 40.5 Å². The number of nitrogens with zero attached hydrogens (tertiary/aromatic N) is 3. The van der Waals surface area contributed by atoms with Crippen molar-refractivity contribution in [2.45, 2.75) is 27.7 Å². The van der Waals surface area contributed by atoms with E-state index in [9.17, 15) is 4.79 Å². The molecule has 0 aliphatic carbocycles. The zero-order chi connectivity index (χ0) is 21.3. The lowest BCUT2D eigenvalue weighted by Gasteiger charge is -2.24. The van der Waals surface area contributed by atoms with Gasteiger partial charge in [0.1, 0.15) is 0 Å². The van der Waals surface area contributed by atoms with E-state index in [2.05, 4.69) is 44.7 Å². The lowest BCUT2D eigenvalue weighted by Crippen LogP contribution is -2.38. The van der Waals surface area contributed by atoms with Crippen LogP contribution in [0.15, 0.2) is 30.3 Å². The van der Waals surface area contributed by atoms with Crippen LogP contribution in [0, 0.1) is 13.8 Å². The van der Waals surface area contributed by atoms with Gasteiger partial charge in [0, 0.05) is 18.7 Å². The Morgan fingerprint density at radius 1 is 1.07 bits per heavy atom. The summed E-state index contributed by atoms with van der Waals surface area (Å²) in [6, 6.07) is 9.55. The van der Waals surface area contributed by atoms with Gasteiger partial charge in [-0.25, -0.2) is 4.98 Å². The van der Waals surface area contributed by atoms with Crippen LogP contribution in [0.1, 0.15) is 35.3 Å². The van der Waals surface area contributed by atoms with Crippen molar-refractivity contribution in [3.05, 3.63) is 47.0 Å². The van der Waals surface area contributed by atoms with Gasteiger partial charge in [-0.1, -0.05) is 31.3 Å². The molecule has 0 unspecified atom stereocenters. The van der Waals surface area contributed by atoms with E-state index in [0.29, 0.717) is 23.6 Å². The fourth-order valence-electron chi connectivity index (χ4n) is 3.58. The number of carbonyl (C=O) groups excluding carboxylic acids is 1. The maximum Gasteiger partial charge on any atom is 0.260 e. The summed E-state index contributed by atoms with van der Waals surface area (Å²) in [5.74, 6) is 1.21. The molecule has 2 heterocycles. The first-order valence-electron chi connectivity index (χ1n) is 10.3. The number of amides is 1. The highest BCUT2D eigenvalue weighted by Gasteiger charge is 2.24. The predicted molar refractivity (Wildman–Crippen MR) is 121 cm³/mol. The predicted octanol–water partition coefficient (Wildman–Crippen LogP) is 4.63. The number of hydrogen-bond donors (Lipinski definition) is 0. The second-order valence-corrected chi connectivity index (χ2v) is 8.41. The van der Waals surface area contributed by atoms with E-state index in [4.69, 9.17) is 14.5 Å². The summed E-state index contributed by atoms with van der Waals surface area (Å²) >= 11 is 1.56. The number of fused-ring (bicyclic) bond motifs is 2. The third-order valence-electron chi connectivity index (χ3n) is 5.70. The summed E-state index contributed by atoms with van der Waals surface area (Å²) in [7, 11) is 0. The molecular weight excluding hydrogens is 398 g/mol. The molecule has 0 saturated heterocycles. The van der Waals surface area contributed by atoms with Crippen LogP contribution in [-0.4, -0.2) is 48.8 Å². The van der Waals surface area contributed by atoms with Crippen LogP contribution in [0.4, 0.5) is 5.13 Å². The van der Waals surface area contributed by atoms with E-state index in [1.807, 2.05) is 0 Å². The van der Waals surface area contributed by atoms with E-state index < -0.39 is 0 Å². The van der Waals surface area contributed by atoms with Crippen molar-refractivity contribution in [1.29, 1.82) is 0 Å². The molecule has 4 rings (SSSR count). The second-order valence-electron chi connectivity index (χ2n) is 7.40. The van der Waals surface area contributed by atoms with Gasteiger partial charge in [-0.15, -0.1) is 0 Å². The number of benzene rings is 2. The topological polar surface area (TPSA) is 54.9 Å². The zero-order valence-electron chi connectivity index (χ0n) is 17.9. The van der Waals surface area contributed by atoms with Crippen LogP contribution in [-0.2, 0) is 0 Å². The van der Waals surface area contributed by atoms with Gasteiger partial charge in [0.05, 0.1) is 10.2 Å². The van der Waals surface area contributed by atoms with E-state index in [1.165, 1.54) is 5.56 Å². The Labute approximate surface area is 181 Å². The Bertz CT molecular complexity index is 1070. The van der Waals surface area contributed by atoms with Crippen LogP contribution in [0.2, 0.25) is 0 Å². The molecule has 158 valence electrons. The lowest BCUT2D eigenvalue weighted by molar-refractivity contribution is 0.0983. The van der Waals surface area contributed by atoms with Crippen molar-refractivity contribution >= 4 is 32.6 Å². The van der Waals surface area contributed by atoms with Gasteiger partial charge in [0.2, 0.25) is 6.79 Å². The largest absolute Gasteiger partial charge is 0.454 e. The number of thiazole rings is 1. The normalized spacial score (nSPS) is 12.7. The molecule has 2 aromatic carbocycles. The maximum atomic E-state index is 13.5. The van der Waals surface area contributed by atoms with Gasteiger partial charge in [0.25, 0.3) is 5.91 Å². The van der Waals surface area contributed by atoms with Crippen molar-refractivity contribution < 1.29 is 14.3 Å². The van der Waals surface area contributed by atoms with Crippen LogP contribution in [0.5, 0.6) is 11.5 Å². The molecule has 30 heavy (non-hydrogen) atoms. The van der Waals surface area contributed by atoms with Gasteiger partial charge in [0.15, 0.2) is 16.6 Å². The van der Waals surface area contributed by atoms with Crippen molar-refractivity contribution in [3.8, 4) is 11.5 Å². The molecule has 1 amide bonds. The number of hydrogen-bond acceptors (Lipinski definition) is 6. The van der Waals surface area contributed by atoms with Crippen molar-refractivity contribution in [1.82, 2.24) is 9.88 Å². The van der Waals surface area contributed by atoms with Crippen molar-refractivity contribution in [3.63, 3.8) is 0 Å². The third kappa shape index (κ3) is 3.87. The van der Waals surface area contributed by atoms with Crippen LogP contribution in [0.25, 0.3) is 10.2 Å². The van der Waals surface area contributed by atoms with Crippen molar-refractivity contribution in [2.24, 2.45) is 0 Å². The third-order valence-corrected chi connectivity index (χ3v) is 6.75. The smallest absolute Gasteiger partial charge is 0.260 e. The average Bonchev–Trinajstić information content (AvgIpc) is 3.40. The first kappa shape index (κ1) is 20.6. The summed E-state index contributed by atoms with van der Waals surface area (Å²) in [5.41, 5.74) is 3.91. The van der Waals surface area contributed by atoms with Gasteiger partial charge in [-0.3, -0.25) is 9.69 Å². The Morgan fingerprint density at radius 3 is 2.60 bits per heavy atom. The Kier molecular flexibility index (Phi) is 5.92. The molecule has 7 heteroatoms. The molecule has 3 aromatic rings. The van der Waals surface area contributed by atoms with Gasteiger partial charge in [-0.05, 0) is 62.3 Å². The molecule has 0 fully saturated rings. The Morgan fingerprint density at radius 2 is 1.83 bits per heavy atom. The summed E-state index contributed by atoms with van der Waals surface area (Å²) in [6.45, 7) is 11.9. The summed E-state index contributed by atoms with van der Waals surface area (Å²) in [5, 5.41) is 0.730. The molecule has 0 bridgehead atoms. The lowest BCUT2D eigenvalue weighted by atomic mass is 10.1. The van der Waals surface area contributed by atoms with Gasteiger partial charge < -0.3 is 14.4 Å². The molecule has 6 nitrogen and oxygen atoms in total. The fourth-order valence-corrected chi connectivity index (χ4v) is 4.63. The monoisotopic (exact) mass is 425 g/mol. The molecule has 1 aromatic heterocycles. The molecule has 1 aliphatic rings. The number of anilines is 1. The van der Waals surface area contributed by atoms with E-state index in [-0.39, 0.29) is 12.7 Å². The quantitative estimate of drug-likeness (QED) is 0.552. The molecular formula is C23H27N3O3S. The number of ether oxygens (including phenoxy) is 2. The number of aromatic nitrogens is 1. The summed E-state index contributed by atoms with van der Waals surface area (Å²) in [6.07, 6.45) is 0. The van der Waals surface area contributed by atoms with E-state index in [1.54, 1.807) is 34.4 Å². The Hall–Kier alpha value is -2.64. The minimum Gasteiger partial charge on any atom is -0.454 e. The highest BCUT2D eigenvalue weighted by atomic mass is 32.1. The first-order chi connectivity index (χ1) is 14.5. The molecule has 0 spiro atoms. The minimum atomic E-state index is -0.0751. The second kappa shape index (κ2) is 8.62. The highest BCUT2D eigenvalue weighted by molar-refractivity contribution is 7.22. The molecule has 1 aliphatic heterocycles. The maximum absolute atomic E-state index is 13.5. The highest BCUT2D eigenvalue weighted by Crippen LogP contribution is 2.35. The molecule has 0 saturated carbocycles. The number of carbonyl (C=O) groups is 1. The van der Waals surface area contributed by atoms with Crippen molar-refractivity contribution in [2.75, 3.05) is 37.9 Å². The minimum absolute atomic E-state index is 0.0751. The van der Waals surface area contributed by atoms with Gasteiger partial charge in [-0.2, -0.15) is 0 Å². The SMILES string of the molecule is CCN(CC)CCN(C(=O)c1ccc2c(c1)OCO2)c1nc2c(C)c(C)ccc2s1. The van der Waals surface area contributed by atoms with Crippen LogP contribution < -0.4 is 14.4 Å². The number of rotatable bonds is 7. The molecule has 0 atom stereocenters. The number of likely N-dealkylation sites (N-methyl/N-ethyl adjacent to an activating group) is 1. The molecule has 0 radical (unpaired) electrons. The van der Waals surface area contributed by atoms with Crippen LogP contribution in [0.3, 0.4) is 0 Å². The van der Waals surface area contributed by atoms with Gasteiger partial charge >= 0.3 is 0 Å². The molecule has 0 N–H and O–H groups in total. The zero-order valence-corrected chi connectivity index (χ0v) is 18.7. The average molecular weight is 426 g/mol. The fraction of sp³-hybridized carbons (Fsp3) is 0.391.